The number of aliphatic hydroxyl groups is 3. The van der Waals surface area contributed by atoms with Crippen LogP contribution in [0.4, 0.5) is 0 Å². The number of carbonyl (C=O) groups is 1. The van der Waals surface area contributed by atoms with Gasteiger partial charge in [-0.2, -0.15) is 0 Å². The van der Waals surface area contributed by atoms with Gasteiger partial charge in [0.05, 0.1) is 12.3 Å². The van der Waals surface area contributed by atoms with E-state index in [-0.39, 0.29) is 11.6 Å². The fourth-order valence-corrected chi connectivity index (χ4v) is 1.64. The van der Waals surface area contributed by atoms with Crippen molar-refractivity contribution in [2.24, 2.45) is 5.73 Å². The number of rotatable bonds is 4. The molecule has 0 aliphatic rings. The van der Waals surface area contributed by atoms with Gasteiger partial charge in [0.15, 0.2) is 6.10 Å². The second-order valence-electron chi connectivity index (χ2n) is 2.63. The molecule has 0 saturated carbocycles. The molecule has 6 nitrogen and oxygen atoms in total. The highest BCUT2D eigenvalue weighted by molar-refractivity contribution is 7.09. The fraction of sp³-hybridized carbons (Fsp3) is 0.429. The molecule has 1 aromatic heterocycles. The van der Waals surface area contributed by atoms with E-state index in [1.807, 2.05) is 0 Å². The highest BCUT2D eigenvalue weighted by Crippen LogP contribution is 2.21. The van der Waals surface area contributed by atoms with Gasteiger partial charge in [-0.05, 0) is 0 Å². The molecular formula is C7H10N2O4S. The number of amides is 1. The van der Waals surface area contributed by atoms with Gasteiger partial charge in [0.1, 0.15) is 11.1 Å². The summed E-state index contributed by atoms with van der Waals surface area (Å²) in [6, 6.07) is 0. The van der Waals surface area contributed by atoms with Crippen molar-refractivity contribution < 1.29 is 20.1 Å². The Morgan fingerprint density at radius 2 is 2.29 bits per heavy atom. The van der Waals surface area contributed by atoms with Gasteiger partial charge in [0.25, 0.3) is 0 Å². The first kappa shape index (κ1) is 11.1. The highest BCUT2D eigenvalue weighted by atomic mass is 32.1. The summed E-state index contributed by atoms with van der Waals surface area (Å²) in [4.78, 5) is 14.3. The predicted molar refractivity (Wildman–Crippen MR) is 48.2 cm³/mol. The Hall–Kier alpha value is -1.02. The Morgan fingerprint density at radius 3 is 2.71 bits per heavy atom. The van der Waals surface area contributed by atoms with Crippen molar-refractivity contribution in [3.05, 3.63) is 16.1 Å². The number of nitrogens with two attached hydrogens (primary N) is 1. The summed E-state index contributed by atoms with van der Waals surface area (Å²) in [5.74, 6) is -1.02. The van der Waals surface area contributed by atoms with Crippen molar-refractivity contribution in [2.45, 2.75) is 18.8 Å². The van der Waals surface area contributed by atoms with Crippen LogP contribution >= 0.6 is 11.3 Å². The average molecular weight is 218 g/mol. The number of thiazole rings is 1. The minimum atomic E-state index is -1.67. The first-order valence-corrected chi connectivity index (χ1v) is 4.65. The van der Waals surface area contributed by atoms with Crippen LogP contribution in [0.5, 0.6) is 0 Å². The standard InChI is InChI=1S/C7H10N2O4S/c8-6(13)4(11)5(12)7-9-3(1-10)2-14-7/h2,4-5,10-12H,1H2,(H2,8,13). The molecule has 1 heterocycles. The number of carbonyl (C=O) groups excluding carboxylic acids is 1. The van der Waals surface area contributed by atoms with Crippen LogP contribution in [0.15, 0.2) is 5.38 Å². The Labute approximate surface area is 83.6 Å². The lowest BCUT2D eigenvalue weighted by Crippen LogP contribution is -2.33. The molecule has 2 unspecified atom stereocenters. The molecule has 0 aromatic carbocycles. The van der Waals surface area contributed by atoms with Crippen LogP contribution in [0.25, 0.3) is 0 Å². The van der Waals surface area contributed by atoms with Crippen molar-refractivity contribution in [1.82, 2.24) is 4.98 Å². The predicted octanol–water partition coefficient (Wildman–Crippen LogP) is -1.49. The third-order valence-electron chi connectivity index (χ3n) is 1.58. The summed E-state index contributed by atoms with van der Waals surface area (Å²) in [5.41, 5.74) is 5.17. The normalized spacial score (nSPS) is 15.1. The lowest BCUT2D eigenvalue weighted by atomic mass is 10.2. The van der Waals surface area contributed by atoms with E-state index in [1.165, 1.54) is 5.38 Å². The molecule has 5 N–H and O–H groups in total. The first-order chi connectivity index (χ1) is 6.56. The summed E-state index contributed by atoms with van der Waals surface area (Å²) >= 11 is 1.04. The number of aromatic nitrogens is 1. The smallest absolute Gasteiger partial charge is 0.249 e. The largest absolute Gasteiger partial charge is 0.390 e. The number of hydrogen-bond donors (Lipinski definition) is 4. The molecule has 1 amide bonds. The Morgan fingerprint density at radius 1 is 1.64 bits per heavy atom. The lowest BCUT2D eigenvalue weighted by molar-refractivity contribution is -0.131. The number of aliphatic hydroxyl groups excluding tert-OH is 3. The maximum absolute atomic E-state index is 10.5. The van der Waals surface area contributed by atoms with Crippen molar-refractivity contribution >= 4 is 17.2 Å². The van der Waals surface area contributed by atoms with Gasteiger partial charge < -0.3 is 21.1 Å². The molecule has 14 heavy (non-hydrogen) atoms. The molecule has 78 valence electrons. The maximum Gasteiger partial charge on any atom is 0.249 e. The molecule has 7 heteroatoms. The van der Waals surface area contributed by atoms with Crippen LogP contribution in [0, 0.1) is 0 Å². The second-order valence-corrected chi connectivity index (χ2v) is 3.52. The van der Waals surface area contributed by atoms with E-state index in [0.717, 1.165) is 11.3 Å². The summed E-state index contributed by atoms with van der Waals surface area (Å²) in [6.45, 7) is -0.254. The monoisotopic (exact) mass is 218 g/mol. The second kappa shape index (κ2) is 4.47. The topological polar surface area (TPSA) is 117 Å². The van der Waals surface area contributed by atoms with Crippen LogP contribution in [0.3, 0.4) is 0 Å². The highest BCUT2D eigenvalue weighted by Gasteiger charge is 2.25. The molecule has 0 radical (unpaired) electrons. The molecule has 0 fully saturated rings. The molecule has 0 spiro atoms. The van der Waals surface area contributed by atoms with Crippen LogP contribution in [-0.4, -0.2) is 32.3 Å². The zero-order valence-electron chi connectivity index (χ0n) is 7.12. The third-order valence-corrected chi connectivity index (χ3v) is 2.54. The van der Waals surface area contributed by atoms with E-state index in [9.17, 15) is 9.90 Å². The van der Waals surface area contributed by atoms with Crippen molar-refractivity contribution in [3.8, 4) is 0 Å². The van der Waals surface area contributed by atoms with Gasteiger partial charge in [0, 0.05) is 5.38 Å². The average Bonchev–Trinajstić information content (AvgIpc) is 2.63. The SMILES string of the molecule is NC(=O)C(O)C(O)c1nc(CO)cs1. The molecule has 0 saturated heterocycles. The van der Waals surface area contributed by atoms with Crippen LogP contribution in [-0.2, 0) is 11.4 Å². The maximum atomic E-state index is 10.5. The zero-order valence-corrected chi connectivity index (χ0v) is 7.94. The van der Waals surface area contributed by atoms with E-state index < -0.39 is 18.1 Å². The van der Waals surface area contributed by atoms with E-state index in [1.54, 1.807) is 0 Å². The zero-order chi connectivity index (χ0) is 10.7. The van der Waals surface area contributed by atoms with Gasteiger partial charge in [-0.15, -0.1) is 11.3 Å². The van der Waals surface area contributed by atoms with Gasteiger partial charge in [0.2, 0.25) is 5.91 Å². The third kappa shape index (κ3) is 2.26. The van der Waals surface area contributed by atoms with Gasteiger partial charge in [-0.3, -0.25) is 4.79 Å². The number of primary amides is 1. The van der Waals surface area contributed by atoms with Crippen molar-refractivity contribution in [1.29, 1.82) is 0 Å². The van der Waals surface area contributed by atoms with E-state index >= 15 is 0 Å². The minimum absolute atomic E-state index is 0.153. The Balaban J connectivity index is 2.78. The molecule has 1 aromatic rings. The Kier molecular flexibility index (Phi) is 3.53. The van der Waals surface area contributed by atoms with Gasteiger partial charge in [-0.25, -0.2) is 4.98 Å². The molecule has 0 aliphatic carbocycles. The molecule has 0 bridgehead atoms. The summed E-state index contributed by atoms with van der Waals surface area (Å²) in [5, 5.41) is 28.9. The van der Waals surface area contributed by atoms with Gasteiger partial charge in [-0.1, -0.05) is 0 Å². The molecule has 2 atom stereocenters. The summed E-state index contributed by atoms with van der Waals surface area (Å²) in [7, 11) is 0. The van der Waals surface area contributed by atoms with Crippen LogP contribution in [0.2, 0.25) is 0 Å². The quantitative estimate of drug-likeness (QED) is 0.491. The number of hydrogen-bond acceptors (Lipinski definition) is 6. The van der Waals surface area contributed by atoms with Gasteiger partial charge >= 0.3 is 0 Å². The van der Waals surface area contributed by atoms with E-state index in [2.05, 4.69) is 4.98 Å². The molecule has 0 aliphatic heterocycles. The van der Waals surface area contributed by atoms with Crippen molar-refractivity contribution in [2.75, 3.05) is 0 Å². The first-order valence-electron chi connectivity index (χ1n) is 3.77. The molecular weight excluding hydrogens is 208 g/mol. The van der Waals surface area contributed by atoms with Crippen molar-refractivity contribution in [3.63, 3.8) is 0 Å². The summed E-state index contributed by atoms with van der Waals surface area (Å²) < 4.78 is 0. The molecule has 1 rings (SSSR count). The van der Waals surface area contributed by atoms with Crippen LogP contribution in [0.1, 0.15) is 16.8 Å². The summed E-state index contributed by atoms with van der Waals surface area (Å²) in [6.07, 6.45) is -3.11. The van der Waals surface area contributed by atoms with E-state index in [0.29, 0.717) is 5.69 Å². The number of nitrogens with zero attached hydrogens (tertiary/aromatic N) is 1. The van der Waals surface area contributed by atoms with Crippen LogP contribution < -0.4 is 5.73 Å². The fourth-order valence-electron chi connectivity index (χ4n) is 0.822. The lowest BCUT2D eigenvalue weighted by Gasteiger charge is -2.11. The van der Waals surface area contributed by atoms with E-state index in [4.69, 9.17) is 15.9 Å². The Bertz CT molecular complexity index is 327. The minimum Gasteiger partial charge on any atom is -0.390 e.